The molecule has 3 heterocycles. The molecule has 12 heteroatoms. The molecular formula is C26H23F3N4O4S. The van der Waals surface area contributed by atoms with Crippen LogP contribution in [0.15, 0.2) is 65.8 Å². The molecule has 4 aromatic rings. The van der Waals surface area contributed by atoms with E-state index in [-0.39, 0.29) is 34.1 Å². The van der Waals surface area contributed by atoms with E-state index in [1.165, 1.54) is 55.7 Å². The predicted octanol–water partition coefficient (Wildman–Crippen LogP) is 4.27. The number of fused-ring (bicyclic) bond motifs is 1. The molecule has 0 saturated carbocycles. The molecule has 0 atom stereocenters. The minimum Gasteiger partial charge on any atom is -0.346 e. The van der Waals surface area contributed by atoms with Crippen LogP contribution in [-0.2, 0) is 29.0 Å². The second-order valence-electron chi connectivity index (χ2n) is 8.35. The van der Waals surface area contributed by atoms with Gasteiger partial charge in [0.15, 0.2) is 9.84 Å². The second-order valence-corrected chi connectivity index (χ2v) is 10.6. The lowest BCUT2D eigenvalue weighted by Crippen LogP contribution is -2.23. The number of hydrogen-bond acceptors (Lipinski definition) is 6. The highest BCUT2D eigenvalue weighted by atomic mass is 32.2. The fourth-order valence-electron chi connectivity index (χ4n) is 3.95. The van der Waals surface area contributed by atoms with Gasteiger partial charge in [0, 0.05) is 23.5 Å². The first-order valence-electron chi connectivity index (χ1n) is 11.6. The van der Waals surface area contributed by atoms with Gasteiger partial charge in [0.25, 0.3) is 5.91 Å². The lowest BCUT2D eigenvalue weighted by molar-refractivity contribution is -0.137. The highest BCUT2D eigenvalue weighted by Crippen LogP contribution is 2.33. The molecule has 4 rings (SSSR count). The summed E-state index contributed by atoms with van der Waals surface area (Å²) in [6, 6.07) is 10.4. The molecule has 0 unspecified atom stereocenters. The average Bonchev–Trinajstić information content (AvgIpc) is 3.29. The zero-order valence-corrected chi connectivity index (χ0v) is 21.2. The Morgan fingerprint density at radius 3 is 2.42 bits per heavy atom. The zero-order valence-electron chi connectivity index (χ0n) is 20.4. The van der Waals surface area contributed by atoms with Crippen LogP contribution in [0.25, 0.3) is 5.65 Å². The van der Waals surface area contributed by atoms with E-state index < -0.39 is 38.8 Å². The third kappa shape index (κ3) is 5.30. The first kappa shape index (κ1) is 27.0. The van der Waals surface area contributed by atoms with E-state index in [0.717, 1.165) is 12.1 Å². The first-order chi connectivity index (χ1) is 18.0. The molecule has 1 N–H and O–H groups in total. The minimum atomic E-state index is -4.71. The van der Waals surface area contributed by atoms with Gasteiger partial charge in [-0.2, -0.15) is 13.2 Å². The van der Waals surface area contributed by atoms with Gasteiger partial charge in [-0.05, 0) is 36.8 Å². The van der Waals surface area contributed by atoms with E-state index in [4.69, 9.17) is 0 Å². The van der Waals surface area contributed by atoms with Crippen molar-refractivity contribution in [3.05, 3.63) is 94.7 Å². The zero-order chi connectivity index (χ0) is 27.7. The van der Waals surface area contributed by atoms with Crippen LogP contribution in [-0.4, -0.2) is 40.2 Å². The summed E-state index contributed by atoms with van der Waals surface area (Å²) in [5.41, 5.74) is -0.354. The number of ketones is 1. The maximum absolute atomic E-state index is 13.5. The molecule has 0 aliphatic heterocycles. The molecule has 8 nitrogen and oxygen atoms in total. The monoisotopic (exact) mass is 544 g/mol. The molecule has 0 bridgehead atoms. The number of carbonyl (C=O) groups is 2. The van der Waals surface area contributed by atoms with E-state index in [0.29, 0.717) is 17.8 Å². The fourth-order valence-corrected chi connectivity index (χ4v) is 4.77. The minimum absolute atomic E-state index is 0.0308. The number of aryl methyl sites for hydroxylation is 1. The summed E-state index contributed by atoms with van der Waals surface area (Å²) in [7, 11) is -3.39. The first-order valence-corrected chi connectivity index (χ1v) is 13.3. The number of hydrogen-bond donors (Lipinski definition) is 1. The van der Waals surface area contributed by atoms with Crippen LogP contribution in [0.4, 0.5) is 13.2 Å². The molecule has 0 radical (unpaired) electrons. The van der Waals surface area contributed by atoms with Gasteiger partial charge in [0.1, 0.15) is 11.3 Å². The maximum Gasteiger partial charge on any atom is 0.417 e. The molecule has 0 aliphatic rings. The standard InChI is InChI=1S/C26H23F3N4O4S/c1-3-21-23(24(34)19-7-5-6-8-20(19)26(27,28)29)32-22-13-16(11-12-33(21)22)25(35)31-14-17-9-10-18(15-30-17)38(36,37)4-2/h5-13,15H,3-4,14H2,1-2H3,(H,31,35). The van der Waals surface area contributed by atoms with Crippen molar-refractivity contribution in [1.29, 1.82) is 0 Å². The number of amides is 1. The molecule has 0 spiro atoms. The number of sulfone groups is 1. The quantitative estimate of drug-likeness (QED) is 0.332. The summed E-state index contributed by atoms with van der Waals surface area (Å²) in [6.07, 6.45) is -1.62. The topological polar surface area (TPSA) is 110 Å². The van der Waals surface area contributed by atoms with E-state index in [1.54, 1.807) is 11.3 Å². The molecule has 1 aromatic carbocycles. The van der Waals surface area contributed by atoms with Gasteiger partial charge in [-0.3, -0.25) is 14.6 Å². The Bertz CT molecular complexity index is 1630. The van der Waals surface area contributed by atoms with E-state index in [1.807, 2.05) is 0 Å². The number of aromatic nitrogens is 3. The lowest BCUT2D eigenvalue weighted by Gasteiger charge is -2.11. The number of imidazole rings is 1. The molecule has 1 amide bonds. The van der Waals surface area contributed by atoms with Crippen molar-refractivity contribution in [2.75, 3.05) is 5.75 Å². The van der Waals surface area contributed by atoms with Crippen LogP contribution in [0.3, 0.4) is 0 Å². The summed E-state index contributed by atoms with van der Waals surface area (Å²) in [5.74, 6) is -1.39. The number of benzene rings is 1. The number of nitrogens with one attached hydrogen (secondary N) is 1. The Morgan fingerprint density at radius 2 is 1.79 bits per heavy atom. The van der Waals surface area contributed by atoms with Crippen molar-refractivity contribution in [3.8, 4) is 0 Å². The summed E-state index contributed by atoms with van der Waals surface area (Å²) in [5, 5.41) is 2.68. The molecule has 0 aliphatic carbocycles. The Labute approximate surface area is 216 Å². The SMILES string of the molecule is CCc1c(C(=O)c2ccccc2C(F)(F)F)nc2cc(C(=O)NCc3ccc(S(=O)(=O)CC)cn3)ccn12. The predicted molar refractivity (Wildman–Crippen MR) is 133 cm³/mol. The van der Waals surface area contributed by atoms with Gasteiger partial charge in [-0.1, -0.05) is 32.0 Å². The van der Waals surface area contributed by atoms with Crippen LogP contribution in [0, 0.1) is 0 Å². The van der Waals surface area contributed by atoms with E-state index >= 15 is 0 Å². The molecule has 38 heavy (non-hydrogen) atoms. The van der Waals surface area contributed by atoms with Crippen molar-refractivity contribution >= 4 is 27.2 Å². The second kappa shape index (κ2) is 10.4. The van der Waals surface area contributed by atoms with Crippen LogP contribution >= 0.6 is 0 Å². The van der Waals surface area contributed by atoms with Crippen molar-refractivity contribution in [2.24, 2.45) is 0 Å². The van der Waals surface area contributed by atoms with Gasteiger partial charge < -0.3 is 9.72 Å². The van der Waals surface area contributed by atoms with Gasteiger partial charge >= 0.3 is 6.18 Å². The molecule has 198 valence electrons. The number of alkyl halides is 3. The van der Waals surface area contributed by atoms with Crippen molar-refractivity contribution in [3.63, 3.8) is 0 Å². The summed E-state index contributed by atoms with van der Waals surface area (Å²) < 4.78 is 65.8. The summed E-state index contributed by atoms with van der Waals surface area (Å²) in [6.45, 7) is 3.31. The number of carbonyl (C=O) groups excluding carboxylic acids is 2. The fraction of sp³-hybridized carbons (Fsp3) is 0.231. The third-order valence-electron chi connectivity index (χ3n) is 5.98. The van der Waals surface area contributed by atoms with Crippen molar-refractivity contribution < 1.29 is 31.2 Å². The number of halogens is 3. The largest absolute Gasteiger partial charge is 0.417 e. The van der Waals surface area contributed by atoms with Crippen LogP contribution in [0.2, 0.25) is 0 Å². The Morgan fingerprint density at radius 1 is 1.05 bits per heavy atom. The van der Waals surface area contributed by atoms with E-state index in [2.05, 4.69) is 15.3 Å². The Hall–Kier alpha value is -4.06. The maximum atomic E-state index is 13.5. The molecule has 0 saturated heterocycles. The normalized spacial score (nSPS) is 12.0. The third-order valence-corrected chi connectivity index (χ3v) is 7.70. The number of nitrogens with zero attached hydrogens (tertiary/aromatic N) is 3. The van der Waals surface area contributed by atoms with Gasteiger partial charge in [0.05, 0.1) is 34.1 Å². The van der Waals surface area contributed by atoms with Gasteiger partial charge in [-0.15, -0.1) is 0 Å². The van der Waals surface area contributed by atoms with Gasteiger partial charge in [0.2, 0.25) is 5.78 Å². The highest BCUT2D eigenvalue weighted by molar-refractivity contribution is 7.91. The average molecular weight is 545 g/mol. The van der Waals surface area contributed by atoms with Crippen LogP contribution < -0.4 is 5.32 Å². The summed E-state index contributed by atoms with van der Waals surface area (Å²) in [4.78, 5) is 34.3. The van der Waals surface area contributed by atoms with E-state index in [9.17, 15) is 31.2 Å². The van der Waals surface area contributed by atoms with Crippen LogP contribution in [0.5, 0.6) is 0 Å². The molecule has 3 aromatic heterocycles. The Kier molecular flexibility index (Phi) is 7.36. The number of pyridine rings is 2. The summed E-state index contributed by atoms with van der Waals surface area (Å²) >= 11 is 0. The Balaban J connectivity index is 1.58. The van der Waals surface area contributed by atoms with Crippen molar-refractivity contribution in [1.82, 2.24) is 19.7 Å². The lowest BCUT2D eigenvalue weighted by atomic mass is 10.00. The number of rotatable bonds is 8. The van der Waals surface area contributed by atoms with Gasteiger partial charge in [-0.25, -0.2) is 13.4 Å². The molecular weight excluding hydrogens is 521 g/mol. The highest BCUT2D eigenvalue weighted by Gasteiger charge is 2.36. The smallest absolute Gasteiger partial charge is 0.346 e. The van der Waals surface area contributed by atoms with Crippen molar-refractivity contribution in [2.45, 2.75) is 37.9 Å². The molecule has 0 fully saturated rings. The van der Waals surface area contributed by atoms with Crippen LogP contribution in [0.1, 0.15) is 57.2 Å².